The minimum atomic E-state index is -4.29. The second-order valence-corrected chi connectivity index (χ2v) is 10.8. The van der Waals surface area contributed by atoms with Crippen LogP contribution in [0.2, 0.25) is 0 Å². The van der Waals surface area contributed by atoms with E-state index in [1.165, 1.54) is 12.1 Å². The van der Waals surface area contributed by atoms with Crippen LogP contribution in [0.4, 0.5) is 18.9 Å². The molecule has 0 aliphatic carbocycles. The number of aromatic nitrogens is 3. The lowest BCUT2D eigenvalue weighted by Crippen LogP contribution is -2.35. The summed E-state index contributed by atoms with van der Waals surface area (Å²) in [5.74, 6) is 2.36. The first-order chi connectivity index (χ1) is 17.2. The molecule has 10 heteroatoms. The molecule has 3 aliphatic rings. The maximum absolute atomic E-state index is 12.9. The van der Waals surface area contributed by atoms with Crippen molar-refractivity contribution in [3.05, 3.63) is 66.3 Å². The zero-order chi connectivity index (χ0) is 25.4. The highest BCUT2D eigenvalue weighted by Gasteiger charge is 2.41. The summed E-state index contributed by atoms with van der Waals surface area (Å²) in [6.07, 6.45) is 3.83. The van der Waals surface area contributed by atoms with E-state index in [4.69, 9.17) is 0 Å². The first-order valence-corrected chi connectivity index (χ1v) is 13.2. The average Bonchev–Trinajstić information content (AvgIpc) is 3.52. The summed E-state index contributed by atoms with van der Waals surface area (Å²) in [6.45, 7) is 7.92. The molecule has 0 bridgehead atoms. The minimum absolute atomic E-state index is 0.377. The van der Waals surface area contributed by atoms with Gasteiger partial charge in [0.15, 0.2) is 11.0 Å². The number of halogens is 3. The monoisotopic (exact) mass is 516 g/mol. The predicted molar refractivity (Wildman–Crippen MR) is 137 cm³/mol. The summed E-state index contributed by atoms with van der Waals surface area (Å²) < 4.78 is 40.8. The highest BCUT2D eigenvalue weighted by Crippen LogP contribution is 2.37. The van der Waals surface area contributed by atoms with Crippen LogP contribution in [0.15, 0.2) is 60.0 Å². The normalized spacial score (nSPS) is 22.5. The summed E-state index contributed by atoms with van der Waals surface area (Å²) in [4.78, 5) is 6.76. The van der Waals surface area contributed by atoms with Gasteiger partial charge in [0.25, 0.3) is 0 Å². The molecule has 36 heavy (non-hydrogen) atoms. The Morgan fingerprint density at radius 1 is 1.08 bits per heavy atom. The van der Waals surface area contributed by atoms with Gasteiger partial charge in [0, 0.05) is 68.7 Å². The number of likely N-dealkylation sites (tertiary alicyclic amines) is 1. The number of hydrogen-bond acceptors (Lipinski definition) is 6. The molecule has 1 aromatic heterocycles. The van der Waals surface area contributed by atoms with Crippen LogP contribution >= 0.6 is 11.8 Å². The molecule has 0 unspecified atom stereocenters. The van der Waals surface area contributed by atoms with Crippen molar-refractivity contribution in [3.8, 4) is 0 Å². The van der Waals surface area contributed by atoms with E-state index in [0.29, 0.717) is 12.0 Å². The third kappa shape index (κ3) is 5.06. The van der Waals surface area contributed by atoms with Gasteiger partial charge in [-0.15, -0.1) is 10.2 Å². The molecule has 3 aliphatic heterocycles. The van der Waals surface area contributed by atoms with E-state index in [9.17, 15) is 13.2 Å². The first-order valence-electron chi connectivity index (χ1n) is 12.2. The fraction of sp³-hybridized carbons (Fsp3) is 0.462. The van der Waals surface area contributed by atoms with Crippen molar-refractivity contribution in [1.29, 1.82) is 0 Å². The van der Waals surface area contributed by atoms with Gasteiger partial charge in [0.1, 0.15) is 0 Å². The van der Waals surface area contributed by atoms with E-state index in [0.717, 1.165) is 72.7 Å². The molecule has 4 heterocycles. The fourth-order valence-corrected chi connectivity index (χ4v) is 6.14. The van der Waals surface area contributed by atoms with Crippen LogP contribution in [-0.4, -0.2) is 69.6 Å². The fourth-order valence-electron chi connectivity index (χ4n) is 5.31. The van der Waals surface area contributed by atoms with Crippen LogP contribution in [0.3, 0.4) is 0 Å². The van der Waals surface area contributed by atoms with Crippen molar-refractivity contribution in [1.82, 2.24) is 24.6 Å². The number of nitrogens with zero attached hydrogens (tertiary/aromatic N) is 6. The second-order valence-electron chi connectivity index (χ2n) is 9.70. The highest BCUT2D eigenvalue weighted by atomic mass is 32.2. The van der Waals surface area contributed by atoms with E-state index in [2.05, 4.69) is 26.6 Å². The quantitative estimate of drug-likeness (QED) is 0.386. The Hall–Kier alpha value is -2.72. The molecule has 2 fully saturated rings. The predicted octanol–water partition coefficient (Wildman–Crippen LogP) is 4.88. The summed E-state index contributed by atoms with van der Waals surface area (Å²) in [6, 6.07) is 6.00. The zero-order valence-electron chi connectivity index (χ0n) is 20.6. The Balaban J connectivity index is 1.11. The van der Waals surface area contributed by atoms with Crippen molar-refractivity contribution in [2.45, 2.75) is 30.2 Å². The topological polar surface area (TPSA) is 40.4 Å². The SMILES string of the molecule is C=C1C=CC(c2nnc(SCCCN3C[C@H]4CCN(c5ccc(C(F)(F)F)cc5)[C@H]4C3)n2C)=CN1C. The third-order valence-corrected chi connectivity index (χ3v) is 8.44. The van der Waals surface area contributed by atoms with E-state index in [-0.39, 0.29) is 0 Å². The van der Waals surface area contributed by atoms with E-state index < -0.39 is 11.7 Å². The lowest BCUT2D eigenvalue weighted by molar-refractivity contribution is -0.137. The number of anilines is 1. The third-order valence-electron chi connectivity index (χ3n) is 7.33. The number of benzene rings is 1. The van der Waals surface area contributed by atoms with Crippen LogP contribution in [0.5, 0.6) is 0 Å². The molecular weight excluding hydrogens is 485 g/mol. The molecule has 2 saturated heterocycles. The molecule has 0 saturated carbocycles. The zero-order valence-corrected chi connectivity index (χ0v) is 21.4. The maximum atomic E-state index is 12.9. The van der Waals surface area contributed by atoms with Gasteiger partial charge < -0.3 is 19.3 Å². The van der Waals surface area contributed by atoms with Gasteiger partial charge in [-0.1, -0.05) is 18.3 Å². The molecule has 0 amide bonds. The number of thioether (sulfide) groups is 1. The van der Waals surface area contributed by atoms with Crippen molar-refractivity contribution in [3.63, 3.8) is 0 Å². The molecule has 2 aromatic rings. The summed E-state index contributed by atoms with van der Waals surface area (Å²) in [7, 11) is 3.96. The maximum Gasteiger partial charge on any atom is 0.416 e. The molecule has 2 atom stereocenters. The molecule has 0 spiro atoms. The standard InChI is InChI=1S/C26H31F3N6S/c1-18-5-6-20(15-32(18)2)24-30-31-25(33(24)3)36-14-4-12-34-16-19-11-13-35(23(19)17-34)22-9-7-21(8-10-22)26(27,28)29/h5-10,15,19,23H,1,4,11-14,16-17H2,2-3H3/t19-,23+/m1/s1. The largest absolute Gasteiger partial charge is 0.416 e. The molecule has 6 nitrogen and oxygen atoms in total. The van der Waals surface area contributed by atoms with Crippen molar-refractivity contribution < 1.29 is 13.2 Å². The Morgan fingerprint density at radius 3 is 2.58 bits per heavy atom. The van der Waals surface area contributed by atoms with Gasteiger partial charge in [0.05, 0.1) is 5.56 Å². The van der Waals surface area contributed by atoms with Crippen LogP contribution in [0, 0.1) is 5.92 Å². The minimum Gasteiger partial charge on any atom is -0.367 e. The summed E-state index contributed by atoms with van der Waals surface area (Å²) >= 11 is 1.72. The van der Waals surface area contributed by atoms with E-state index >= 15 is 0 Å². The first kappa shape index (κ1) is 25.0. The lowest BCUT2D eigenvalue weighted by atomic mass is 10.0. The van der Waals surface area contributed by atoms with Crippen LogP contribution in [0.25, 0.3) is 5.57 Å². The average molecular weight is 517 g/mol. The van der Waals surface area contributed by atoms with Crippen molar-refractivity contribution >= 4 is 23.0 Å². The number of likely N-dealkylation sites (N-methyl/N-ethyl adjacent to an activating group) is 1. The van der Waals surface area contributed by atoms with Gasteiger partial charge >= 0.3 is 6.18 Å². The number of alkyl halides is 3. The smallest absolute Gasteiger partial charge is 0.367 e. The number of hydrogen-bond donors (Lipinski definition) is 0. The Bertz CT molecular complexity index is 1170. The summed E-state index contributed by atoms with van der Waals surface area (Å²) in [5, 5.41) is 9.67. The molecule has 192 valence electrons. The number of fused-ring (bicyclic) bond motifs is 1. The van der Waals surface area contributed by atoms with Crippen molar-refractivity contribution in [2.75, 3.05) is 43.9 Å². The molecule has 5 rings (SSSR count). The van der Waals surface area contributed by atoms with Crippen LogP contribution in [0.1, 0.15) is 24.2 Å². The Labute approximate surface area is 214 Å². The van der Waals surface area contributed by atoms with Crippen LogP contribution < -0.4 is 4.90 Å². The molecule has 1 aromatic carbocycles. The Kier molecular flexibility index (Phi) is 6.91. The highest BCUT2D eigenvalue weighted by molar-refractivity contribution is 7.99. The van der Waals surface area contributed by atoms with Gasteiger partial charge in [0.2, 0.25) is 0 Å². The van der Waals surface area contributed by atoms with Crippen molar-refractivity contribution in [2.24, 2.45) is 13.0 Å². The van der Waals surface area contributed by atoms with E-state index in [1.807, 2.05) is 41.9 Å². The number of rotatable bonds is 7. The van der Waals surface area contributed by atoms with Gasteiger partial charge in [-0.25, -0.2) is 0 Å². The van der Waals surface area contributed by atoms with Gasteiger partial charge in [-0.05, 0) is 61.7 Å². The lowest BCUT2D eigenvalue weighted by Gasteiger charge is -2.27. The molecular formula is C26H31F3N6S. The Morgan fingerprint density at radius 2 is 1.86 bits per heavy atom. The number of allylic oxidation sites excluding steroid dienone is 3. The van der Waals surface area contributed by atoms with Crippen LogP contribution in [-0.2, 0) is 13.2 Å². The summed E-state index contributed by atoms with van der Waals surface area (Å²) in [5.41, 5.74) is 2.24. The van der Waals surface area contributed by atoms with E-state index in [1.54, 1.807) is 23.9 Å². The molecule has 0 radical (unpaired) electrons. The second kappa shape index (κ2) is 9.97. The van der Waals surface area contributed by atoms with Gasteiger partial charge in [-0.3, -0.25) is 0 Å². The van der Waals surface area contributed by atoms with Gasteiger partial charge in [-0.2, -0.15) is 13.2 Å². The molecule has 0 N–H and O–H groups in total.